The SMILES string of the molecule is CC(C)c1cc(F)ccc1OC(F)(F)F.O=C1CCCC(=O)N1. The second-order valence-electron chi connectivity index (χ2n) is 5.21. The lowest BCUT2D eigenvalue weighted by molar-refractivity contribution is -0.275. The molecule has 0 unspecified atom stereocenters. The Bertz CT molecular complexity index is 556. The summed E-state index contributed by atoms with van der Waals surface area (Å²) in [5, 5.41) is 2.20. The summed E-state index contributed by atoms with van der Waals surface area (Å²) in [6.07, 6.45) is -3.02. The highest BCUT2D eigenvalue weighted by molar-refractivity contribution is 5.97. The highest BCUT2D eigenvalue weighted by Crippen LogP contribution is 2.31. The van der Waals surface area contributed by atoms with Gasteiger partial charge in [0, 0.05) is 12.8 Å². The van der Waals surface area contributed by atoms with Gasteiger partial charge in [0.15, 0.2) is 0 Å². The first-order valence-corrected chi connectivity index (χ1v) is 6.96. The summed E-state index contributed by atoms with van der Waals surface area (Å²) in [6.45, 7) is 3.33. The van der Waals surface area contributed by atoms with Gasteiger partial charge in [0.1, 0.15) is 11.6 Å². The molecule has 2 amide bonds. The van der Waals surface area contributed by atoms with Crippen LogP contribution in [0.4, 0.5) is 17.6 Å². The number of rotatable bonds is 2. The third-order valence-corrected chi connectivity index (χ3v) is 2.91. The van der Waals surface area contributed by atoms with Crippen molar-refractivity contribution >= 4 is 11.8 Å². The Balaban J connectivity index is 0.000000277. The van der Waals surface area contributed by atoms with Crippen molar-refractivity contribution in [1.82, 2.24) is 5.32 Å². The van der Waals surface area contributed by atoms with Crippen molar-refractivity contribution in [2.75, 3.05) is 0 Å². The number of carbonyl (C=O) groups excluding carboxylic acids is 2. The molecule has 1 heterocycles. The van der Waals surface area contributed by atoms with Gasteiger partial charge in [0.2, 0.25) is 11.8 Å². The lowest BCUT2D eigenvalue weighted by atomic mass is 10.0. The fourth-order valence-electron chi connectivity index (χ4n) is 1.88. The fourth-order valence-corrected chi connectivity index (χ4v) is 1.88. The highest BCUT2D eigenvalue weighted by Gasteiger charge is 2.32. The Labute approximate surface area is 130 Å². The van der Waals surface area contributed by atoms with Crippen LogP contribution < -0.4 is 10.1 Å². The smallest absolute Gasteiger partial charge is 0.405 e. The first-order valence-electron chi connectivity index (χ1n) is 6.96. The second kappa shape index (κ2) is 7.94. The topological polar surface area (TPSA) is 55.4 Å². The third-order valence-electron chi connectivity index (χ3n) is 2.91. The molecule has 0 spiro atoms. The van der Waals surface area contributed by atoms with Crippen LogP contribution >= 0.6 is 0 Å². The number of ether oxygens (including phenoxy) is 1. The molecule has 1 N–H and O–H groups in total. The molecule has 1 aromatic rings. The Kier molecular flexibility index (Phi) is 6.53. The summed E-state index contributed by atoms with van der Waals surface area (Å²) in [5.74, 6) is -1.44. The number of nitrogens with one attached hydrogen (secondary N) is 1. The van der Waals surface area contributed by atoms with Gasteiger partial charge in [-0.25, -0.2) is 4.39 Å². The Morgan fingerprint density at radius 3 is 2.09 bits per heavy atom. The second-order valence-corrected chi connectivity index (χ2v) is 5.21. The van der Waals surface area contributed by atoms with Crippen molar-refractivity contribution in [2.24, 2.45) is 0 Å². The van der Waals surface area contributed by atoms with Gasteiger partial charge in [0.05, 0.1) is 0 Å². The van der Waals surface area contributed by atoms with Gasteiger partial charge in [0.25, 0.3) is 0 Å². The minimum Gasteiger partial charge on any atom is -0.405 e. The predicted octanol–water partition coefficient (Wildman–Crippen LogP) is 3.66. The molecule has 1 aliphatic rings. The molecule has 0 radical (unpaired) electrons. The van der Waals surface area contributed by atoms with Crippen molar-refractivity contribution in [3.63, 3.8) is 0 Å². The normalized spacial score (nSPS) is 14.9. The van der Waals surface area contributed by atoms with Crippen LogP contribution in [0.2, 0.25) is 0 Å². The van der Waals surface area contributed by atoms with E-state index in [0.29, 0.717) is 19.3 Å². The molecule has 1 aliphatic heterocycles. The lowest BCUT2D eigenvalue weighted by Gasteiger charge is -2.15. The first-order chi connectivity index (χ1) is 10.6. The van der Waals surface area contributed by atoms with Crippen molar-refractivity contribution in [1.29, 1.82) is 0 Å². The number of carbonyl (C=O) groups is 2. The van der Waals surface area contributed by atoms with Gasteiger partial charge in [-0.1, -0.05) is 13.8 Å². The number of alkyl halides is 3. The van der Waals surface area contributed by atoms with Crippen LogP contribution in [0, 0.1) is 5.82 Å². The summed E-state index contributed by atoms with van der Waals surface area (Å²) in [6, 6.07) is 2.97. The number of amides is 2. The van der Waals surface area contributed by atoms with Crippen LogP contribution in [0.3, 0.4) is 0 Å². The van der Waals surface area contributed by atoms with Crippen LogP contribution in [-0.2, 0) is 9.59 Å². The molecule has 0 bridgehead atoms. The van der Waals surface area contributed by atoms with E-state index in [4.69, 9.17) is 0 Å². The Morgan fingerprint density at radius 1 is 1.13 bits per heavy atom. The number of hydrogen-bond donors (Lipinski definition) is 1. The van der Waals surface area contributed by atoms with E-state index in [0.717, 1.165) is 18.2 Å². The van der Waals surface area contributed by atoms with Crippen LogP contribution in [0.15, 0.2) is 18.2 Å². The Morgan fingerprint density at radius 2 is 1.70 bits per heavy atom. The Hall–Kier alpha value is -2.12. The van der Waals surface area contributed by atoms with E-state index in [2.05, 4.69) is 10.1 Å². The summed E-state index contributed by atoms with van der Waals surface area (Å²) in [7, 11) is 0. The molecular formula is C15H17F4NO3. The van der Waals surface area contributed by atoms with E-state index in [-0.39, 0.29) is 29.0 Å². The van der Waals surface area contributed by atoms with Crippen molar-refractivity contribution in [2.45, 2.75) is 45.4 Å². The fraction of sp³-hybridized carbons (Fsp3) is 0.467. The van der Waals surface area contributed by atoms with Crippen molar-refractivity contribution in [3.8, 4) is 5.75 Å². The number of hydrogen-bond acceptors (Lipinski definition) is 3. The first kappa shape index (κ1) is 18.9. The minimum atomic E-state index is -4.75. The van der Waals surface area contributed by atoms with Gasteiger partial charge in [-0.05, 0) is 36.1 Å². The van der Waals surface area contributed by atoms with Crippen molar-refractivity contribution in [3.05, 3.63) is 29.6 Å². The molecule has 4 nitrogen and oxygen atoms in total. The van der Waals surface area contributed by atoms with E-state index < -0.39 is 12.2 Å². The summed E-state index contributed by atoms with van der Waals surface area (Å²) in [4.78, 5) is 20.7. The van der Waals surface area contributed by atoms with Gasteiger partial charge >= 0.3 is 6.36 Å². The quantitative estimate of drug-likeness (QED) is 0.663. The monoisotopic (exact) mass is 335 g/mol. The molecule has 23 heavy (non-hydrogen) atoms. The average molecular weight is 335 g/mol. The predicted molar refractivity (Wildman–Crippen MR) is 74.2 cm³/mol. The summed E-state index contributed by atoms with van der Waals surface area (Å²) >= 11 is 0. The zero-order valence-corrected chi connectivity index (χ0v) is 12.7. The van der Waals surface area contributed by atoms with E-state index in [9.17, 15) is 27.2 Å². The highest BCUT2D eigenvalue weighted by atomic mass is 19.4. The van der Waals surface area contributed by atoms with Gasteiger partial charge in [-0.2, -0.15) is 0 Å². The van der Waals surface area contributed by atoms with E-state index in [1.807, 2.05) is 0 Å². The van der Waals surface area contributed by atoms with Crippen LogP contribution in [0.1, 0.15) is 44.6 Å². The third kappa shape index (κ3) is 7.12. The maximum Gasteiger partial charge on any atom is 0.573 e. The van der Waals surface area contributed by atoms with Crippen LogP contribution in [-0.4, -0.2) is 18.2 Å². The zero-order chi connectivity index (χ0) is 17.6. The van der Waals surface area contributed by atoms with E-state index in [1.165, 1.54) is 0 Å². The molecular weight excluding hydrogens is 318 g/mol. The lowest BCUT2D eigenvalue weighted by Crippen LogP contribution is -2.33. The largest absolute Gasteiger partial charge is 0.573 e. The number of piperidine rings is 1. The number of benzene rings is 1. The van der Waals surface area contributed by atoms with Gasteiger partial charge in [-0.3, -0.25) is 14.9 Å². The van der Waals surface area contributed by atoms with E-state index in [1.54, 1.807) is 13.8 Å². The molecule has 0 saturated carbocycles. The molecule has 8 heteroatoms. The summed E-state index contributed by atoms with van der Waals surface area (Å²) in [5.41, 5.74) is 0.201. The molecule has 1 fully saturated rings. The average Bonchev–Trinajstić information content (AvgIpc) is 2.39. The molecule has 0 aliphatic carbocycles. The van der Waals surface area contributed by atoms with Crippen molar-refractivity contribution < 1.29 is 31.9 Å². The molecule has 0 aromatic heterocycles. The number of imide groups is 1. The van der Waals surface area contributed by atoms with Gasteiger partial charge in [-0.15, -0.1) is 13.2 Å². The van der Waals surface area contributed by atoms with E-state index >= 15 is 0 Å². The van der Waals surface area contributed by atoms with Gasteiger partial charge < -0.3 is 4.74 Å². The van der Waals surface area contributed by atoms with Crippen LogP contribution in [0.5, 0.6) is 5.75 Å². The van der Waals surface area contributed by atoms with Crippen LogP contribution in [0.25, 0.3) is 0 Å². The standard InChI is InChI=1S/C10H10F4O.C5H7NO2/c1-6(2)8-5-7(11)3-4-9(8)15-10(12,13)14;7-4-2-1-3-5(8)6-4/h3-6H,1-2H3;1-3H2,(H,6,7,8). The maximum absolute atomic E-state index is 12.8. The molecule has 0 atom stereocenters. The molecule has 2 rings (SSSR count). The zero-order valence-electron chi connectivity index (χ0n) is 12.7. The molecule has 1 saturated heterocycles. The minimum absolute atomic E-state index is 0.138. The molecule has 1 aromatic carbocycles. The molecule has 128 valence electrons. The summed E-state index contributed by atoms with van der Waals surface area (Å²) < 4.78 is 52.5. The maximum atomic E-state index is 12.8. The number of halogens is 4.